The summed E-state index contributed by atoms with van der Waals surface area (Å²) in [6, 6.07) is 9.08. The minimum Gasteiger partial charge on any atom is -0.336 e. The van der Waals surface area contributed by atoms with Gasteiger partial charge in [0.1, 0.15) is 0 Å². The topological polar surface area (TPSA) is 35.6 Å². The van der Waals surface area contributed by atoms with E-state index in [9.17, 15) is 4.79 Å². The molecular weight excluding hydrogens is 369 g/mol. The van der Waals surface area contributed by atoms with Gasteiger partial charge in [-0.25, -0.2) is 0 Å². The fraction of sp³-hybridized carbons (Fsp3) is 0.650. The van der Waals surface area contributed by atoms with Gasteiger partial charge in [0.25, 0.3) is 0 Å². The molecule has 1 aromatic carbocycles. The van der Waals surface area contributed by atoms with Crippen LogP contribution in [0.5, 0.6) is 0 Å². The average Bonchev–Trinajstić information content (AvgIpc) is 3.48. The Hall–Kier alpha value is -0.810. The summed E-state index contributed by atoms with van der Waals surface area (Å²) in [6.07, 6.45) is 4.93. The molecule has 2 unspecified atom stereocenters. The molecule has 4 rings (SSSR count). The lowest BCUT2D eigenvalue weighted by Crippen LogP contribution is -2.52. The quantitative estimate of drug-likeness (QED) is 0.797. The number of benzene rings is 1. The van der Waals surface area contributed by atoms with Crippen LogP contribution in [0.15, 0.2) is 24.3 Å². The van der Waals surface area contributed by atoms with E-state index in [0.29, 0.717) is 24.5 Å². The highest BCUT2D eigenvalue weighted by Gasteiger charge is 2.42. The predicted octanol–water partition coefficient (Wildman–Crippen LogP) is 3.50. The van der Waals surface area contributed by atoms with E-state index in [1.165, 1.54) is 25.7 Å². The third-order valence-corrected chi connectivity index (χ3v) is 6.27. The van der Waals surface area contributed by atoms with E-state index in [2.05, 4.69) is 28.1 Å². The maximum Gasteiger partial charge on any atom is 0.237 e. The molecule has 144 valence electrons. The van der Waals surface area contributed by atoms with Crippen LogP contribution in [-0.4, -0.2) is 54.0 Å². The first-order valence-corrected chi connectivity index (χ1v) is 10.0. The Morgan fingerprint density at radius 3 is 2.69 bits per heavy atom. The number of nitrogens with zero attached hydrogens (tertiary/aromatic N) is 2. The summed E-state index contributed by atoms with van der Waals surface area (Å²) >= 11 is 6.43. The van der Waals surface area contributed by atoms with Crippen LogP contribution >= 0.6 is 24.0 Å². The highest BCUT2D eigenvalue weighted by atomic mass is 35.5. The number of hydrogen-bond acceptors (Lipinski definition) is 3. The van der Waals surface area contributed by atoms with Gasteiger partial charge in [-0.15, -0.1) is 12.4 Å². The first kappa shape index (κ1) is 19.9. The van der Waals surface area contributed by atoms with Crippen molar-refractivity contribution < 1.29 is 4.79 Å². The first-order valence-electron chi connectivity index (χ1n) is 9.65. The van der Waals surface area contributed by atoms with E-state index in [4.69, 9.17) is 11.6 Å². The molecule has 2 saturated carbocycles. The van der Waals surface area contributed by atoms with E-state index < -0.39 is 0 Å². The second kappa shape index (κ2) is 8.47. The van der Waals surface area contributed by atoms with E-state index in [1.54, 1.807) is 0 Å². The SMILES string of the molecule is CC(C1CC1)N(C(=O)CN1CCNCC1c1ccccc1Cl)C1CC1.Cl. The zero-order chi connectivity index (χ0) is 17.4. The van der Waals surface area contributed by atoms with Crippen molar-refractivity contribution >= 4 is 29.9 Å². The van der Waals surface area contributed by atoms with Crippen molar-refractivity contribution in [2.75, 3.05) is 26.2 Å². The molecule has 3 fully saturated rings. The Morgan fingerprint density at radius 1 is 1.31 bits per heavy atom. The zero-order valence-electron chi connectivity index (χ0n) is 15.4. The van der Waals surface area contributed by atoms with Crippen molar-refractivity contribution in [2.45, 2.75) is 50.7 Å². The minimum absolute atomic E-state index is 0. The van der Waals surface area contributed by atoms with E-state index in [0.717, 1.165) is 36.1 Å². The van der Waals surface area contributed by atoms with Crippen molar-refractivity contribution in [1.82, 2.24) is 15.1 Å². The van der Waals surface area contributed by atoms with Crippen LogP contribution < -0.4 is 5.32 Å². The van der Waals surface area contributed by atoms with E-state index in [-0.39, 0.29) is 18.4 Å². The number of nitrogens with one attached hydrogen (secondary N) is 1. The Bertz CT molecular complexity index is 633. The summed E-state index contributed by atoms with van der Waals surface area (Å²) in [4.78, 5) is 17.7. The van der Waals surface area contributed by atoms with Gasteiger partial charge < -0.3 is 10.2 Å². The lowest BCUT2D eigenvalue weighted by molar-refractivity contribution is -0.136. The molecule has 0 radical (unpaired) electrons. The molecule has 0 bridgehead atoms. The molecule has 1 heterocycles. The third kappa shape index (κ3) is 4.36. The molecule has 2 atom stereocenters. The van der Waals surface area contributed by atoms with Crippen LogP contribution in [0.3, 0.4) is 0 Å². The van der Waals surface area contributed by atoms with Crippen molar-refractivity contribution in [3.63, 3.8) is 0 Å². The fourth-order valence-electron chi connectivity index (χ4n) is 4.16. The molecule has 1 saturated heterocycles. The molecule has 2 aliphatic carbocycles. The van der Waals surface area contributed by atoms with E-state index >= 15 is 0 Å². The van der Waals surface area contributed by atoms with Gasteiger partial charge in [-0.1, -0.05) is 29.8 Å². The number of carbonyl (C=O) groups excluding carboxylic acids is 1. The molecule has 3 aliphatic rings. The lowest BCUT2D eigenvalue weighted by Gasteiger charge is -2.38. The van der Waals surface area contributed by atoms with Crippen LogP contribution in [0.25, 0.3) is 0 Å². The fourth-order valence-corrected chi connectivity index (χ4v) is 4.43. The monoisotopic (exact) mass is 397 g/mol. The summed E-state index contributed by atoms with van der Waals surface area (Å²) in [5.74, 6) is 1.03. The minimum atomic E-state index is 0. The molecule has 6 heteroatoms. The van der Waals surface area contributed by atoms with Crippen molar-refractivity contribution in [3.8, 4) is 0 Å². The average molecular weight is 398 g/mol. The van der Waals surface area contributed by atoms with Gasteiger partial charge in [0, 0.05) is 42.8 Å². The van der Waals surface area contributed by atoms with Crippen molar-refractivity contribution in [3.05, 3.63) is 34.9 Å². The Labute approximate surface area is 167 Å². The van der Waals surface area contributed by atoms with Crippen LogP contribution in [0.2, 0.25) is 5.02 Å². The zero-order valence-corrected chi connectivity index (χ0v) is 16.9. The predicted molar refractivity (Wildman–Crippen MR) is 108 cm³/mol. The first-order chi connectivity index (χ1) is 12.1. The van der Waals surface area contributed by atoms with Crippen molar-refractivity contribution in [1.29, 1.82) is 0 Å². The van der Waals surface area contributed by atoms with E-state index in [1.807, 2.05) is 18.2 Å². The Balaban J connectivity index is 0.00000196. The van der Waals surface area contributed by atoms with Gasteiger partial charge in [-0.2, -0.15) is 0 Å². The van der Waals surface area contributed by atoms with Crippen LogP contribution in [0.4, 0.5) is 0 Å². The third-order valence-electron chi connectivity index (χ3n) is 5.93. The molecule has 1 aromatic rings. The Kier molecular flexibility index (Phi) is 6.50. The van der Waals surface area contributed by atoms with Crippen LogP contribution in [-0.2, 0) is 4.79 Å². The molecule has 26 heavy (non-hydrogen) atoms. The number of rotatable bonds is 6. The summed E-state index contributed by atoms with van der Waals surface area (Å²) in [5, 5.41) is 4.24. The normalized spacial score (nSPS) is 24.6. The van der Waals surface area contributed by atoms with Gasteiger partial charge in [0.2, 0.25) is 5.91 Å². The number of hydrogen-bond donors (Lipinski definition) is 1. The second-order valence-corrected chi connectivity index (χ2v) is 8.23. The van der Waals surface area contributed by atoms with Gasteiger partial charge in [-0.3, -0.25) is 9.69 Å². The number of halogens is 2. The molecule has 1 aliphatic heterocycles. The maximum atomic E-state index is 13.2. The van der Waals surface area contributed by atoms with Gasteiger partial charge in [-0.05, 0) is 50.2 Å². The second-order valence-electron chi connectivity index (χ2n) is 7.82. The molecular formula is C20H29Cl2N3O. The molecule has 0 spiro atoms. The number of carbonyl (C=O) groups is 1. The summed E-state index contributed by atoms with van der Waals surface area (Å²) in [6.45, 7) is 5.41. The Morgan fingerprint density at radius 2 is 2.04 bits per heavy atom. The molecule has 4 nitrogen and oxygen atoms in total. The highest BCUT2D eigenvalue weighted by molar-refractivity contribution is 6.31. The summed E-state index contributed by atoms with van der Waals surface area (Å²) < 4.78 is 0. The largest absolute Gasteiger partial charge is 0.336 e. The van der Waals surface area contributed by atoms with Gasteiger partial charge in [0.05, 0.1) is 6.54 Å². The van der Waals surface area contributed by atoms with Gasteiger partial charge in [0.15, 0.2) is 0 Å². The standard InChI is InChI=1S/C20H28ClN3O.ClH/c1-14(15-6-7-15)24(16-8-9-16)20(25)13-23-11-10-22-12-19(23)17-4-2-3-5-18(17)21;/h2-5,14-16,19,22H,6-13H2,1H3;1H. The maximum absolute atomic E-state index is 13.2. The number of piperazine rings is 1. The number of amides is 1. The smallest absolute Gasteiger partial charge is 0.237 e. The molecule has 1 amide bonds. The highest BCUT2D eigenvalue weighted by Crippen LogP contribution is 2.40. The summed E-state index contributed by atoms with van der Waals surface area (Å²) in [5.41, 5.74) is 1.12. The lowest BCUT2D eigenvalue weighted by atomic mass is 10.0. The molecule has 1 N–H and O–H groups in total. The molecule has 0 aromatic heterocycles. The van der Waals surface area contributed by atoms with Crippen molar-refractivity contribution in [2.24, 2.45) is 5.92 Å². The summed E-state index contributed by atoms with van der Waals surface area (Å²) in [7, 11) is 0. The van der Waals surface area contributed by atoms with Crippen LogP contribution in [0, 0.1) is 5.92 Å². The van der Waals surface area contributed by atoms with Crippen LogP contribution in [0.1, 0.15) is 44.2 Å². The van der Waals surface area contributed by atoms with Gasteiger partial charge >= 0.3 is 0 Å².